The maximum atomic E-state index is 13.1. The highest BCUT2D eigenvalue weighted by molar-refractivity contribution is 7.33. The third-order valence-corrected chi connectivity index (χ3v) is 7.76. The van der Waals surface area contributed by atoms with Crippen LogP contribution in [0.25, 0.3) is 11.4 Å². The molecule has 0 bridgehead atoms. The Bertz CT molecular complexity index is 1890. The number of ether oxygens (including phenoxy) is 2. The minimum atomic E-state index is -2.58. The lowest BCUT2D eigenvalue weighted by molar-refractivity contribution is -0.119. The van der Waals surface area contributed by atoms with Crippen molar-refractivity contribution in [2.24, 2.45) is 18.0 Å². The molecule has 1 unspecified atom stereocenters. The van der Waals surface area contributed by atoms with E-state index >= 15 is 0 Å². The van der Waals surface area contributed by atoms with Crippen LogP contribution in [0.2, 0.25) is 0 Å². The van der Waals surface area contributed by atoms with Gasteiger partial charge >= 0.3 is 14.2 Å². The van der Waals surface area contributed by atoms with Gasteiger partial charge in [-0.2, -0.15) is 9.79 Å². The van der Waals surface area contributed by atoms with Crippen LogP contribution in [0, 0.1) is 5.92 Å². The third kappa shape index (κ3) is 8.16. The summed E-state index contributed by atoms with van der Waals surface area (Å²) in [6, 6.07) is 13.2. The number of carbonyl (C=O) groups is 3. The number of tetrazole rings is 1. The standard InChI is InChI=1S/C30H33N8O8P/c1-31-29(40)22-15-38(17-45-30(41)20-10-8-18(9-11-20)16-46-47(42)44-4)25(33-28(39)19-12-13-19)14-24(22)32-23-7-5-6-21(26(23)43-3)27-34-36-37(2)35-27/h5-11,14-15,19,32,47H,12-13,16-17H2,1-4H3,(H,31,40)/b33-25+. The van der Waals surface area contributed by atoms with Crippen LogP contribution < -0.4 is 20.9 Å². The van der Waals surface area contributed by atoms with Crippen molar-refractivity contribution in [2.75, 3.05) is 26.6 Å². The summed E-state index contributed by atoms with van der Waals surface area (Å²) in [6.45, 7) is -0.301. The van der Waals surface area contributed by atoms with Gasteiger partial charge in [0.05, 0.1) is 48.8 Å². The van der Waals surface area contributed by atoms with E-state index in [2.05, 4.69) is 35.6 Å². The minimum Gasteiger partial charge on any atom is -0.494 e. The van der Waals surface area contributed by atoms with Crippen LogP contribution in [-0.4, -0.2) is 63.8 Å². The second-order valence-corrected chi connectivity index (χ2v) is 11.5. The van der Waals surface area contributed by atoms with Crippen molar-refractivity contribution < 1.29 is 37.5 Å². The number of aryl methyl sites for hydroxylation is 1. The molecule has 1 atom stereocenters. The number of pyridine rings is 1. The van der Waals surface area contributed by atoms with E-state index in [0.29, 0.717) is 34.1 Å². The second kappa shape index (κ2) is 14.9. The van der Waals surface area contributed by atoms with Crippen molar-refractivity contribution in [3.05, 3.63) is 76.9 Å². The molecule has 5 rings (SSSR count). The number of hydrogen-bond acceptors (Lipinski definition) is 12. The summed E-state index contributed by atoms with van der Waals surface area (Å²) in [5.74, 6) is -0.866. The van der Waals surface area contributed by atoms with Crippen LogP contribution in [0.4, 0.5) is 11.4 Å². The monoisotopic (exact) mass is 664 g/mol. The lowest BCUT2D eigenvalue weighted by Crippen LogP contribution is -2.29. The largest absolute Gasteiger partial charge is 0.494 e. The Hall–Kier alpha value is -5.18. The lowest BCUT2D eigenvalue weighted by Gasteiger charge is -2.18. The lowest BCUT2D eigenvalue weighted by atomic mass is 10.1. The number of aromatic nitrogens is 5. The number of anilines is 2. The van der Waals surface area contributed by atoms with E-state index in [9.17, 15) is 18.9 Å². The van der Waals surface area contributed by atoms with E-state index in [4.69, 9.17) is 14.0 Å². The molecule has 1 aliphatic carbocycles. The van der Waals surface area contributed by atoms with E-state index in [1.807, 2.05) is 0 Å². The molecule has 17 heteroatoms. The minimum absolute atomic E-state index is 0.0484. The summed E-state index contributed by atoms with van der Waals surface area (Å²) in [5, 5.41) is 18.1. The van der Waals surface area contributed by atoms with Gasteiger partial charge in [-0.1, -0.05) is 18.2 Å². The molecule has 1 fully saturated rings. The number of carbonyl (C=O) groups excluding carboxylic acids is 3. The summed E-state index contributed by atoms with van der Waals surface area (Å²) >= 11 is 0. The van der Waals surface area contributed by atoms with Gasteiger partial charge in [0.2, 0.25) is 5.82 Å². The average molecular weight is 665 g/mol. The molecule has 1 aliphatic rings. The molecule has 0 spiro atoms. The third-order valence-electron chi connectivity index (χ3n) is 7.05. The van der Waals surface area contributed by atoms with Crippen LogP contribution in [-0.2, 0) is 43.5 Å². The Kier molecular flexibility index (Phi) is 10.6. The molecule has 0 aliphatic heterocycles. The van der Waals surface area contributed by atoms with Crippen LogP contribution >= 0.6 is 8.25 Å². The number of esters is 1. The molecule has 2 aromatic carbocycles. The number of nitrogens with zero attached hydrogens (tertiary/aromatic N) is 6. The molecule has 2 aromatic heterocycles. The number of nitrogens with one attached hydrogen (secondary N) is 2. The fourth-order valence-electron chi connectivity index (χ4n) is 4.45. The van der Waals surface area contributed by atoms with Gasteiger partial charge in [-0.3, -0.25) is 18.7 Å². The van der Waals surface area contributed by atoms with Crippen molar-refractivity contribution in [3.8, 4) is 17.1 Å². The number of amides is 2. The molecule has 0 radical (unpaired) electrons. The molecular weight excluding hydrogens is 631 g/mol. The topological polar surface area (TPSA) is 190 Å². The fraction of sp³-hybridized carbons (Fsp3) is 0.300. The Balaban J connectivity index is 1.46. The zero-order valence-electron chi connectivity index (χ0n) is 26.1. The van der Waals surface area contributed by atoms with Crippen LogP contribution in [0.15, 0.2) is 59.7 Å². The molecule has 2 heterocycles. The zero-order valence-corrected chi connectivity index (χ0v) is 27.1. The van der Waals surface area contributed by atoms with Gasteiger partial charge in [0.15, 0.2) is 12.5 Å². The van der Waals surface area contributed by atoms with Crippen molar-refractivity contribution in [1.29, 1.82) is 0 Å². The average Bonchev–Trinajstić information content (AvgIpc) is 3.86. The molecule has 16 nitrogen and oxygen atoms in total. The van der Waals surface area contributed by atoms with E-state index < -0.39 is 20.1 Å². The maximum absolute atomic E-state index is 13.1. The molecule has 2 amide bonds. The van der Waals surface area contributed by atoms with Crippen molar-refractivity contribution in [1.82, 2.24) is 30.1 Å². The molecule has 246 valence electrons. The molecule has 0 saturated heterocycles. The van der Waals surface area contributed by atoms with Crippen molar-refractivity contribution >= 4 is 37.4 Å². The van der Waals surface area contributed by atoms with Crippen LogP contribution in [0.5, 0.6) is 5.75 Å². The molecule has 47 heavy (non-hydrogen) atoms. The van der Waals surface area contributed by atoms with Gasteiger partial charge < -0.3 is 29.2 Å². The summed E-state index contributed by atoms with van der Waals surface area (Å²) < 4.78 is 33.8. The van der Waals surface area contributed by atoms with E-state index in [0.717, 1.165) is 12.8 Å². The zero-order chi connectivity index (χ0) is 33.5. The molecular formula is C30H33N8O8P. The highest BCUT2D eigenvalue weighted by Gasteiger charge is 2.29. The quantitative estimate of drug-likeness (QED) is 0.157. The number of methoxy groups -OCH3 is 1. The van der Waals surface area contributed by atoms with Crippen molar-refractivity contribution in [3.63, 3.8) is 0 Å². The summed E-state index contributed by atoms with van der Waals surface area (Å²) in [4.78, 5) is 44.5. The van der Waals surface area contributed by atoms with E-state index in [-0.39, 0.29) is 41.8 Å². The van der Waals surface area contributed by atoms with Crippen molar-refractivity contribution in [2.45, 2.75) is 26.2 Å². The van der Waals surface area contributed by atoms with Gasteiger partial charge in [0.1, 0.15) is 5.49 Å². The smallest absolute Gasteiger partial charge is 0.339 e. The Morgan fingerprint density at radius 2 is 1.85 bits per heavy atom. The Morgan fingerprint density at radius 1 is 1.09 bits per heavy atom. The fourth-order valence-corrected chi connectivity index (χ4v) is 4.86. The Labute approximate surface area is 269 Å². The highest BCUT2D eigenvalue weighted by atomic mass is 31.1. The first kappa shape index (κ1) is 33.2. The van der Waals surface area contributed by atoms with Crippen LogP contribution in [0.3, 0.4) is 0 Å². The van der Waals surface area contributed by atoms with E-state index in [1.165, 1.54) is 42.9 Å². The highest BCUT2D eigenvalue weighted by Crippen LogP contribution is 2.37. The first-order chi connectivity index (χ1) is 22.7. The second-order valence-electron chi connectivity index (χ2n) is 10.3. The van der Waals surface area contributed by atoms with Crippen LogP contribution in [0.1, 0.15) is 39.1 Å². The Morgan fingerprint density at radius 3 is 2.49 bits per heavy atom. The molecule has 1 saturated carbocycles. The SMILES string of the molecule is CNC(=O)c1cn(COC(=O)c2ccc(CO[PH](=O)OC)cc2)/c(=N/C(=O)C2CC2)cc1Nc1cccc(-c2nnn(C)n2)c1OC. The van der Waals surface area contributed by atoms with Gasteiger partial charge in [0.25, 0.3) is 11.8 Å². The molecule has 4 aromatic rings. The predicted octanol–water partition coefficient (Wildman–Crippen LogP) is 2.99. The predicted molar refractivity (Wildman–Crippen MR) is 168 cm³/mol. The normalized spacial score (nSPS) is 13.6. The number of rotatable bonds is 13. The summed E-state index contributed by atoms with van der Waals surface area (Å²) in [7, 11) is 3.33. The molecule has 2 N–H and O–H groups in total. The van der Waals surface area contributed by atoms with Gasteiger partial charge in [0, 0.05) is 32.3 Å². The number of hydrogen-bond donors (Lipinski definition) is 2. The maximum Gasteiger partial charge on any atom is 0.339 e. The first-order valence-corrected chi connectivity index (χ1v) is 15.6. The van der Waals surface area contributed by atoms with Gasteiger partial charge in [-0.15, -0.1) is 10.2 Å². The number of para-hydroxylation sites is 1. The van der Waals surface area contributed by atoms with Gasteiger partial charge in [-0.05, 0) is 47.9 Å². The van der Waals surface area contributed by atoms with Gasteiger partial charge in [-0.25, -0.2) is 4.79 Å². The van der Waals surface area contributed by atoms with E-state index in [1.54, 1.807) is 49.5 Å². The summed E-state index contributed by atoms with van der Waals surface area (Å²) in [5.41, 5.74) is 2.61. The first-order valence-electron chi connectivity index (χ1n) is 14.4. The number of benzene rings is 2. The summed E-state index contributed by atoms with van der Waals surface area (Å²) in [6.07, 6.45) is 2.93.